The van der Waals surface area contributed by atoms with Crippen molar-refractivity contribution >= 4 is 15.9 Å². The van der Waals surface area contributed by atoms with Crippen LogP contribution in [0.5, 0.6) is 0 Å². The summed E-state index contributed by atoms with van der Waals surface area (Å²) in [5, 5.41) is 3.41. The average Bonchev–Trinajstić information content (AvgIpc) is 2.23. The third-order valence-electron chi connectivity index (χ3n) is 2.30. The van der Waals surface area contributed by atoms with Crippen molar-refractivity contribution in [3.05, 3.63) is 28.0 Å². The Bertz CT molecular complexity index is 324. The van der Waals surface area contributed by atoms with Gasteiger partial charge in [0, 0.05) is 18.3 Å². The number of nitrogens with one attached hydrogen (secondary N) is 1. The Balaban J connectivity index is 2.24. The molecule has 14 heavy (non-hydrogen) atoms. The molecule has 0 unspecified atom stereocenters. The first-order chi connectivity index (χ1) is 6.77. The molecule has 0 saturated carbocycles. The minimum atomic E-state index is 0.269. The molecule has 1 N–H and O–H groups in total. The average molecular weight is 257 g/mol. The number of morpholine rings is 1. The van der Waals surface area contributed by atoms with Crippen molar-refractivity contribution in [2.24, 2.45) is 0 Å². The van der Waals surface area contributed by atoms with Gasteiger partial charge in [0.2, 0.25) is 0 Å². The predicted molar refractivity (Wildman–Crippen MR) is 58.2 cm³/mol. The highest BCUT2D eigenvalue weighted by Gasteiger charge is 2.18. The molecule has 4 heteroatoms. The summed E-state index contributed by atoms with van der Waals surface area (Å²) in [7, 11) is 0. The fourth-order valence-corrected chi connectivity index (χ4v) is 2.08. The van der Waals surface area contributed by atoms with Gasteiger partial charge in [0.25, 0.3) is 0 Å². The van der Waals surface area contributed by atoms with Crippen LogP contribution in [-0.2, 0) is 4.74 Å². The van der Waals surface area contributed by atoms with Crippen molar-refractivity contribution < 1.29 is 4.74 Å². The standard InChI is InChI=1S/C10H13BrN2O/c1-7-4-8(10(11)13-5-7)9-6-14-3-2-12-9/h4-5,9,12H,2-3,6H2,1H3/t9-/m0/s1. The number of nitrogens with zero attached hydrogens (tertiary/aromatic N) is 1. The number of hydrogen-bond donors (Lipinski definition) is 1. The molecule has 0 aromatic carbocycles. The highest BCUT2D eigenvalue weighted by molar-refractivity contribution is 9.10. The Morgan fingerprint density at radius 3 is 3.21 bits per heavy atom. The lowest BCUT2D eigenvalue weighted by Crippen LogP contribution is -2.34. The van der Waals surface area contributed by atoms with E-state index < -0.39 is 0 Å². The lowest BCUT2D eigenvalue weighted by molar-refractivity contribution is 0.0765. The molecule has 2 rings (SSSR count). The molecule has 1 aromatic heterocycles. The van der Waals surface area contributed by atoms with Crippen LogP contribution in [-0.4, -0.2) is 24.7 Å². The second kappa shape index (κ2) is 4.38. The minimum Gasteiger partial charge on any atom is -0.378 e. The van der Waals surface area contributed by atoms with Crippen molar-refractivity contribution in [1.29, 1.82) is 0 Å². The summed E-state index contributed by atoms with van der Waals surface area (Å²) in [6, 6.07) is 2.41. The third kappa shape index (κ3) is 2.13. The second-order valence-corrected chi connectivity index (χ2v) is 4.23. The molecule has 1 saturated heterocycles. The molecule has 1 aliphatic rings. The van der Waals surface area contributed by atoms with Gasteiger partial charge in [0.15, 0.2) is 0 Å². The Kier molecular flexibility index (Phi) is 3.15. The Labute approximate surface area is 92.0 Å². The summed E-state index contributed by atoms with van der Waals surface area (Å²) >= 11 is 3.46. The van der Waals surface area contributed by atoms with Gasteiger partial charge in [-0.15, -0.1) is 0 Å². The number of rotatable bonds is 1. The van der Waals surface area contributed by atoms with E-state index in [1.54, 1.807) is 0 Å². The van der Waals surface area contributed by atoms with Crippen LogP contribution in [0.25, 0.3) is 0 Å². The molecule has 1 aliphatic heterocycles. The molecule has 0 spiro atoms. The van der Waals surface area contributed by atoms with E-state index in [9.17, 15) is 0 Å². The number of aryl methyl sites for hydroxylation is 1. The minimum absolute atomic E-state index is 0.269. The second-order valence-electron chi connectivity index (χ2n) is 3.47. The molecular formula is C10H13BrN2O. The third-order valence-corrected chi connectivity index (χ3v) is 2.96. The molecule has 3 nitrogen and oxygen atoms in total. The van der Waals surface area contributed by atoms with Crippen LogP contribution < -0.4 is 5.32 Å². The number of aromatic nitrogens is 1. The fourth-order valence-electron chi connectivity index (χ4n) is 1.58. The van der Waals surface area contributed by atoms with Gasteiger partial charge in [0.1, 0.15) is 4.60 Å². The predicted octanol–water partition coefficient (Wildman–Crippen LogP) is 1.81. The molecule has 76 valence electrons. The highest BCUT2D eigenvalue weighted by Crippen LogP contribution is 2.23. The summed E-state index contributed by atoms with van der Waals surface area (Å²) < 4.78 is 6.33. The molecule has 0 bridgehead atoms. The molecule has 1 aromatic rings. The van der Waals surface area contributed by atoms with Crippen LogP contribution in [0, 0.1) is 6.92 Å². The van der Waals surface area contributed by atoms with Gasteiger partial charge in [-0.3, -0.25) is 0 Å². The number of pyridine rings is 1. The van der Waals surface area contributed by atoms with Gasteiger partial charge in [-0.05, 0) is 28.4 Å². The van der Waals surface area contributed by atoms with Crippen molar-refractivity contribution in [2.45, 2.75) is 13.0 Å². The van der Waals surface area contributed by atoms with E-state index in [2.05, 4.69) is 32.3 Å². The van der Waals surface area contributed by atoms with Gasteiger partial charge < -0.3 is 10.1 Å². The molecule has 0 amide bonds. The van der Waals surface area contributed by atoms with E-state index in [1.807, 2.05) is 13.1 Å². The SMILES string of the molecule is Cc1cnc(Br)c([C@@H]2COCCN2)c1. The van der Waals surface area contributed by atoms with E-state index in [0.29, 0.717) is 0 Å². The maximum absolute atomic E-state index is 5.42. The number of halogens is 1. The van der Waals surface area contributed by atoms with Crippen LogP contribution in [0.1, 0.15) is 17.2 Å². The van der Waals surface area contributed by atoms with Crippen LogP contribution in [0.2, 0.25) is 0 Å². The van der Waals surface area contributed by atoms with Gasteiger partial charge in [-0.2, -0.15) is 0 Å². The molecular weight excluding hydrogens is 244 g/mol. The van der Waals surface area contributed by atoms with Crippen molar-refractivity contribution in [3.63, 3.8) is 0 Å². The van der Waals surface area contributed by atoms with Gasteiger partial charge in [-0.1, -0.05) is 6.07 Å². The smallest absolute Gasteiger partial charge is 0.110 e. The Morgan fingerprint density at radius 2 is 2.50 bits per heavy atom. The van der Waals surface area contributed by atoms with Crippen LogP contribution in [0.15, 0.2) is 16.9 Å². The first-order valence-electron chi connectivity index (χ1n) is 4.70. The normalized spacial score (nSPS) is 22.3. The maximum Gasteiger partial charge on any atom is 0.110 e. The lowest BCUT2D eigenvalue weighted by Gasteiger charge is -2.24. The van der Waals surface area contributed by atoms with Crippen molar-refractivity contribution in [3.8, 4) is 0 Å². The van der Waals surface area contributed by atoms with Gasteiger partial charge >= 0.3 is 0 Å². The Hall–Kier alpha value is -0.450. The topological polar surface area (TPSA) is 34.1 Å². The zero-order valence-electron chi connectivity index (χ0n) is 8.09. The maximum atomic E-state index is 5.42. The lowest BCUT2D eigenvalue weighted by atomic mass is 10.1. The van der Waals surface area contributed by atoms with Gasteiger partial charge in [-0.25, -0.2) is 4.98 Å². The van der Waals surface area contributed by atoms with Crippen LogP contribution >= 0.6 is 15.9 Å². The summed E-state index contributed by atoms with van der Waals surface area (Å²) in [4.78, 5) is 4.27. The fraction of sp³-hybridized carbons (Fsp3) is 0.500. The van der Waals surface area contributed by atoms with Crippen molar-refractivity contribution in [2.75, 3.05) is 19.8 Å². The largest absolute Gasteiger partial charge is 0.378 e. The van der Waals surface area contributed by atoms with E-state index in [0.717, 1.165) is 24.4 Å². The molecule has 1 atom stereocenters. The molecule has 0 radical (unpaired) electrons. The number of hydrogen-bond acceptors (Lipinski definition) is 3. The summed E-state index contributed by atoms with van der Waals surface area (Å²) in [6.45, 7) is 4.48. The summed E-state index contributed by atoms with van der Waals surface area (Å²) in [5.41, 5.74) is 2.36. The van der Waals surface area contributed by atoms with Crippen molar-refractivity contribution in [1.82, 2.24) is 10.3 Å². The van der Waals surface area contributed by atoms with E-state index in [4.69, 9.17) is 4.74 Å². The monoisotopic (exact) mass is 256 g/mol. The molecule has 1 fully saturated rings. The first kappa shape index (κ1) is 10.1. The summed E-state index contributed by atoms with van der Waals surface area (Å²) in [5.74, 6) is 0. The van der Waals surface area contributed by atoms with Gasteiger partial charge in [0.05, 0.1) is 19.3 Å². The number of ether oxygens (including phenoxy) is 1. The molecule has 0 aliphatic carbocycles. The van der Waals surface area contributed by atoms with Crippen LogP contribution in [0.3, 0.4) is 0 Å². The van der Waals surface area contributed by atoms with E-state index >= 15 is 0 Å². The first-order valence-corrected chi connectivity index (χ1v) is 5.50. The van der Waals surface area contributed by atoms with Crippen LogP contribution in [0.4, 0.5) is 0 Å². The zero-order valence-corrected chi connectivity index (χ0v) is 9.67. The Morgan fingerprint density at radius 1 is 1.64 bits per heavy atom. The quantitative estimate of drug-likeness (QED) is 0.779. The van der Waals surface area contributed by atoms with E-state index in [1.165, 1.54) is 11.1 Å². The highest BCUT2D eigenvalue weighted by atomic mass is 79.9. The molecule has 2 heterocycles. The summed E-state index contributed by atoms with van der Waals surface area (Å²) in [6.07, 6.45) is 1.86. The zero-order chi connectivity index (χ0) is 9.97. The van der Waals surface area contributed by atoms with E-state index in [-0.39, 0.29) is 6.04 Å².